The standard InChI is InChI=1S/C14H28OSi/c1-4-5-6-7-8-11-14(2,3)16-13-10-9-12-15-16/h4,16H,1,5-13H2,2-3H3. The zero-order valence-electron chi connectivity index (χ0n) is 11.1. The van der Waals surface area contributed by atoms with Crippen LogP contribution < -0.4 is 0 Å². The molecule has 1 atom stereocenters. The Morgan fingerprint density at radius 2 is 2.06 bits per heavy atom. The molecule has 94 valence electrons. The normalized spacial score (nSPS) is 22.0. The molecule has 0 aromatic heterocycles. The highest BCUT2D eigenvalue weighted by Crippen LogP contribution is 2.39. The van der Waals surface area contributed by atoms with E-state index in [1.165, 1.54) is 51.0 Å². The van der Waals surface area contributed by atoms with Crippen molar-refractivity contribution in [3.63, 3.8) is 0 Å². The van der Waals surface area contributed by atoms with E-state index in [-0.39, 0.29) is 0 Å². The third-order valence-corrected chi connectivity index (χ3v) is 7.38. The predicted molar refractivity (Wildman–Crippen MR) is 74.5 cm³/mol. The summed E-state index contributed by atoms with van der Waals surface area (Å²) in [7, 11) is -0.914. The van der Waals surface area contributed by atoms with Gasteiger partial charge in [-0.1, -0.05) is 39.2 Å². The van der Waals surface area contributed by atoms with Crippen LogP contribution in [0.5, 0.6) is 0 Å². The van der Waals surface area contributed by atoms with Crippen LogP contribution in [0.2, 0.25) is 11.1 Å². The second-order valence-corrected chi connectivity index (χ2v) is 9.18. The van der Waals surface area contributed by atoms with Gasteiger partial charge in [-0.2, -0.15) is 0 Å². The van der Waals surface area contributed by atoms with E-state index in [0.29, 0.717) is 5.04 Å². The first-order valence-electron chi connectivity index (χ1n) is 6.89. The molecule has 2 heteroatoms. The van der Waals surface area contributed by atoms with Gasteiger partial charge in [0.2, 0.25) is 0 Å². The zero-order chi connectivity index (χ0) is 11.9. The highest BCUT2D eigenvalue weighted by atomic mass is 28.3. The van der Waals surface area contributed by atoms with Crippen molar-refractivity contribution >= 4 is 9.04 Å². The Labute approximate surface area is 103 Å². The van der Waals surface area contributed by atoms with Gasteiger partial charge in [-0.05, 0) is 36.8 Å². The van der Waals surface area contributed by atoms with Gasteiger partial charge in [-0.3, -0.25) is 0 Å². The molecule has 1 aliphatic rings. The van der Waals surface area contributed by atoms with Crippen LogP contribution in [0.4, 0.5) is 0 Å². The highest BCUT2D eigenvalue weighted by molar-refractivity contribution is 6.55. The van der Waals surface area contributed by atoms with Crippen LogP contribution >= 0.6 is 0 Å². The van der Waals surface area contributed by atoms with Crippen molar-refractivity contribution in [2.45, 2.75) is 69.9 Å². The molecule has 0 aliphatic carbocycles. The molecule has 0 spiro atoms. The van der Waals surface area contributed by atoms with Gasteiger partial charge in [0.05, 0.1) is 0 Å². The van der Waals surface area contributed by atoms with Crippen LogP contribution in [0.15, 0.2) is 12.7 Å². The molecular weight excluding hydrogens is 212 g/mol. The van der Waals surface area contributed by atoms with Gasteiger partial charge in [-0.15, -0.1) is 6.58 Å². The number of rotatable bonds is 7. The maximum atomic E-state index is 6.04. The molecule has 1 rings (SSSR count). The molecule has 0 aromatic rings. The molecule has 0 bridgehead atoms. The number of hydrogen-bond acceptors (Lipinski definition) is 1. The maximum Gasteiger partial charge on any atom is 0.182 e. The fourth-order valence-electron chi connectivity index (χ4n) is 2.56. The molecule has 1 heterocycles. The fraction of sp³-hybridized carbons (Fsp3) is 0.857. The Balaban J connectivity index is 2.18. The number of unbranched alkanes of at least 4 members (excludes halogenated alkanes) is 3. The Morgan fingerprint density at radius 3 is 2.69 bits per heavy atom. The predicted octanol–water partition coefficient (Wildman–Crippen LogP) is 4.44. The van der Waals surface area contributed by atoms with Crippen LogP contribution in [-0.4, -0.2) is 15.6 Å². The second kappa shape index (κ2) is 7.28. The highest BCUT2D eigenvalue weighted by Gasteiger charge is 2.33. The average molecular weight is 240 g/mol. The van der Waals surface area contributed by atoms with Crippen LogP contribution in [0.1, 0.15) is 58.8 Å². The molecule has 0 amide bonds. The van der Waals surface area contributed by atoms with E-state index in [1.54, 1.807) is 0 Å². The molecule has 0 radical (unpaired) electrons. The van der Waals surface area contributed by atoms with E-state index in [0.717, 1.165) is 6.61 Å². The Kier molecular flexibility index (Phi) is 6.36. The van der Waals surface area contributed by atoms with Crippen molar-refractivity contribution < 1.29 is 4.43 Å². The summed E-state index contributed by atoms with van der Waals surface area (Å²) >= 11 is 0. The van der Waals surface area contributed by atoms with Gasteiger partial charge in [-0.25, -0.2) is 0 Å². The van der Waals surface area contributed by atoms with Crippen molar-refractivity contribution in [1.29, 1.82) is 0 Å². The lowest BCUT2D eigenvalue weighted by atomic mass is 10.0. The fourth-order valence-corrected chi connectivity index (χ4v) is 5.60. The van der Waals surface area contributed by atoms with Gasteiger partial charge in [0, 0.05) is 6.61 Å². The van der Waals surface area contributed by atoms with Gasteiger partial charge in [0.25, 0.3) is 0 Å². The Bertz CT molecular complexity index is 195. The van der Waals surface area contributed by atoms with Crippen LogP contribution in [-0.2, 0) is 4.43 Å². The lowest BCUT2D eigenvalue weighted by Gasteiger charge is -2.35. The van der Waals surface area contributed by atoms with E-state index in [4.69, 9.17) is 4.43 Å². The quantitative estimate of drug-likeness (QED) is 0.363. The lowest BCUT2D eigenvalue weighted by molar-refractivity contribution is 0.263. The molecule has 1 unspecified atom stereocenters. The molecule has 16 heavy (non-hydrogen) atoms. The first-order valence-corrected chi connectivity index (χ1v) is 8.76. The average Bonchev–Trinajstić information content (AvgIpc) is 2.30. The van der Waals surface area contributed by atoms with Gasteiger partial charge in [0.1, 0.15) is 0 Å². The van der Waals surface area contributed by atoms with Crippen LogP contribution in [0.25, 0.3) is 0 Å². The first-order chi connectivity index (χ1) is 7.67. The van der Waals surface area contributed by atoms with Crippen molar-refractivity contribution in [3.8, 4) is 0 Å². The van der Waals surface area contributed by atoms with Gasteiger partial charge >= 0.3 is 0 Å². The SMILES string of the molecule is C=CCCCCCC(C)(C)[SiH]1CCCCO1. The second-order valence-electron chi connectivity index (χ2n) is 5.73. The van der Waals surface area contributed by atoms with Crippen molar-refractivity contribution in [3.05, 3.63) is 12.7 Å². The third-order valence-electron chi connectivity index (χ3n) is 3.78. The molecule has 1 saturated heterocycles. The summed E-state index contributed by atoms with van der Waals surface area (Å²) in [6.07, 6.45) is 11.3. The minimum absolute atomic E-state index is 0.509. The molecule has 1 nitrogen and oxygen atoms in total. The van der Waals surface area contributed by atoms with E-state index >= 15 is 0 Å². The molecule has 0 aromatic carbocycles. The summed E-state index contributed by atoms with van der Waals surface area (Å²) in [6, 6.07) is 1.40. The third kappa shape index (κ3) is 4.83. The Hall–Kier alpha value is -0.0831. The minimum atomic E-state index is -0.914. The number of hydrogen-bond donors (Lipinski definition) is 0. The Morgan fingerprint density at radius 1 is 1.25 bits per heavy atom. The van der Waals surface area contributed by atoms with Crippen LogP contribution in [0.3, 0.4) is 0 Å². The largest absolute Gasteiger partial charge is 0.420 e. The lowest BCUT2D eigenvalue weighted by Crippen LogP contribution is -2.34. The van der Waals surface area contributed by atoms with E-state index < -0.39 is 9.04 Å². The molecule has 1 fully saturated rings. The summed E-state index contributed by atoms with van der Waals surface area (Å²) in [4.78, 5) is 0. The van der Waals surface area contributed by atoms with Crippen molar-refractivity contribution in [1.82, 2.24) is 0 Å². The monoisotopic (exact) mass is 240 g/mol. The number of allylic oxidation sites excluding steroid dienone is 1. The van der Waals surface area contributed by atoms with E-state index in [1.807, 2.05) is 6.08 Å². The van der Waals surface area contributed by atoms with E-state index in [9.17, 15) is 0 Å². The molecular formula is C14H28OSi. The minimum Gasteiger partial charge on any atom is -0.420 e. The summed E-state index contributed by atoms with van der Waals surface area (Å²) < 4.78 is 6.04. The topological polar surface area (TPSA) is 9.23 Å². The van der Waals surface area contributed by atoms with E-state index in [2.05, 4.69) is 20.4 Å². The molecule has 0 saturated carbocycles. The van der Waals surface area contributed by atoms with Crippen molar-refractivity contribution in [2.75, 3.05) is 6.61 Å². The molecule has 0 N–H and O–H groups in total. The van der Waals surface area contributed by atoms with Gasteiger partial charge in [0.15, 0.2) is 9.04 Å². The summed E-state index contributed by atoms with van der Waals surface area (Å²) in [5, 5.41) is 0.509. The summed E-state index contributed by atoms with van der Waals surface area (Å²) in [5.41, 5.74) is 0. The maximum absolute atomic E-state index is 6.04. The zero-order valence-corrected chi connectivity index (χ0v) is 12.3. The van der Waals surface area contributed by atoms with Gasteiger partial charge < -0.3 is 4.43 Å². The summed E-state index contributed by atoms with van der Waals surface area (Å²) in [6.45, 7) is 9.67. The van der Waals surface area contributed by atoms with Crippen molar-refractivity contribution in [2.24, 2.45) is 0 Å². The first kappa shape index (κ1) is 14.0. The smallest absolute Gasteiger partial charge is 0.182 e. The summed E-state index contributed by atoms with van der Waals surface area (Å²) in [5.74, 6) is 0. The molecule has 1 aliphatic heterocycles. The van der Waals surface area contributed by atoms with Crippen LogP contribution in [0, 0.1) is 0 Å².